The Hall–Kier alpha value is -2.48. The molecule has 0 saturated heterocycles. The third kappa shape index (κ3) is 3.02. The smallest absolute Gasteiger partial charge is 0.311 e. The van der Waals surface area contributed by atoms with E-state index in [0.717, 1.165) is 12.1 Å². The molecule has 0 spiro atoms. The van der Waals surface area contributed by atoms with E-state index in [1.807, 2.05) is 0 Å². The van der Waals surface area contributed by atoms with E-state index in [4.69, 9.17) is 9.15 Å². The number of ether oxygens (including phenoxy) is 1. The van der Waals surface area contributed by atoms with Crippen molar-refractivity contribution in [2.75, 3.05) is 12.4 Å². The minimum absolute atomic E-state index is 0.0595. The van der Waals surface area contributed by atoms with E-state index in [1.54, 1.807) is 0 Å². The van der Waals surface area contributed by atoms with E-state index < -0.39 is 17.5 Å². The average molecular weight is 383 g/mol. The van der Waals surface area contributed by atoms with Gasteiger partial charge in [0, 0.05) is 17.8 Å². The number of halogens is 3. The molecule has 0 aliphatic rings. The molecule has 0 unspecified atom stereocenters. The van der Waals surface area contributed by atoms with Crippen molar-refractivity contribution in [1.29, 1.82) is 0 Å². The van der Waals surface area contributed by atoms with Crippen LogP contribution in [-0.2, 0) is 0 Å². The van der Waals surface area contributed by atoms with Gasteiger partial charge in [0.25, 0.3) is 5.89 Å². The molecular weight excluding hydrogens is 374 g/mol. The molecule has 1 heterocycles. The van der Waals surface area contributed by atoms with Gasteiger partial charge in [-0.3, -0.25) is 4.79 Å². The van der Waals surface area contributed by atoms with Crippen LogP contribution in [0.15, 0.2) is 39.2 Å². The molecule has 0 saturated carbocycles. The van der Waals surface area contributed by atoms with Crippen LogP contribution in [0.25, 0.3) is 11.1 Å². The first-order valence-electron chi connectivity index (χ1n) is 6.38. The van der Waals surface area contributed by atoms with Crippen LogP contribution < -0.4 is 10.1 Å². The quantitative estimate of drug-likeness (QED) is 0.739. The highest BCUT2D eigenvalue weighted by molar-refractivity contribution is 9.10. The molecule has 0 fully saturated rings. The lowest BCUT2D eigenvalue weighted by Gasteiger charge is -2.05. The maximum atomic E-state index is 13.6. The molecule has 5 nitrogen and oxygen atoms in total. The fourth-order valence-electron chi connectivity index (χ4n) is 1.99. The highest BCUT2D eigenvalue weighted by Gasteiger charge is 2.17. The molecule has 1 N–H and O–H groups in total. The lowest BCUT2D eigenvalue weighted by atomic mass is 10.3. The number of hydrogen-bond acceptors (Lipinski definition) is 4. The van der Waals surface area contributed by atoms with Crippen LogP contribution in [-0.4, -0.2) is 18.0 Å². The molecule has 0 atom stereocenters. The SMILES string of the molecule is COc1ccc(NC(=O)c2nc3cc(F)cc(Br)c3o2)cc1F. The van der Waals surface area contributed by atoms with Gasteiger partial charge in [-0.1, -0.05) is 0 Å². The molecule has 23 heavy (non-hydrogen) atoms. The molecule has 1 amide bonds. The third-order valence-electron chi connectivity index (χ3n) is 3.01. The van der Waals surface area contributed by atoms with Gasteiger partial charge in [-0.2, -0.15) is 0 Å². The normalized spacial score (nSPS) is 10.8. The number of nitrogens with one attached hydrogen (secondary N) is 1. The number of oxazole rings is 1. The summed E-state index contributed by atoms with van der Waals surface area (Å²) in [6.07, 6.45) is 0. The van der Waals surface area contributed by atoms with Crippen molar-refractivity contribution in [3.63, 3.8) is 0 Å². The van der Waals surface area contributed by atoms with Crippen molar-refractivity contribution in [2.24, 2.45) is 0 Å². The van der Waals surface area contributed by atoms with E-state index in [0.29, 0.717) is 4.47 Å². The summed E-state index contributed by atoms with van der Waals surface area (Å²) in [4.78, 5) is 16.0. The van der Waals surface area contributed by atoms with Crippen molar-refractivity contribution in [3.8, 4) is 5.75 Å². The summed E-state index contributed by atoms with van der Waals surface area (Å²) >= 11 is 3.13. The zero-order valence-corrected chi connectivity index (χ0v) is 13.3. The molecule has 8 heteroatoms. The van der Waals surface area contributed by atoms with Gasteiger partial charge in [-0.15, -0.1) is 0 Å². The minimum Gasteiger partial charge on any atom is -0.494 e. The lowest BCUT2D eigenvalue weighted by molar-refractivity contribution is 0.0992. The Bertz CT molecular complexity index is 911. The van der Waals surface area contributed by atoms with Crippen molar-refractivity contribution in [2.45, 2.75) is 0 Å². The van der Waals surface area contributed by atoms with Gasteiger partial charge in [0.2, 0.25) is 0 Å². The number of fused-ring (bicyclic) bond motifs is 1. The van der Waals surface area contributed by atoms with Crippen molar-refractivity contribution >= 4 is 38.6 Å². The van der Waals surface area contributed by atoms with Gasteiger partial charge in [-0.25, -0.2) is 13.8 Å². The summed E-state index contributed by atoms with van der Waals surface area (Å²) in [7, 11) is 1.34. The Morgan fingerprint density at radius 1 is 1.30 bits per heavy atom. The molecule has 0 bridgehead atoms. The van der Waals surface area contributed by atoms with E-state index >= 15 is 0 Å². The standard InChI is InChI=1S/C15H9BrF2N2O3/c1-22-12-3-2-8(6-10(12)18)19-14(21)15-20-11-5-7(17)4-9(16)13(11)23-15/h2-6H,1H3,(H,19,21). The highest BCUT2D eigenvalue weighted by Crippen LogP contribution is 2.27. The summed E-state index contributed by atoms with van der Waals surface area (Å²) in [5, 5.41) is 2.45. The van der Waals surface area contributed by atoms with E-state index in [-0.39, 0.29) is 28.4 Å². The Morgan fingerprint density at radius 3 is 2.78 bits per heavy atom. The van der Waals surface area contributed by atoms with E-state index in [2.05, 4.69) is 26.2 Å². The number of rotatable bonds is 3. The van der Waals surface area contributed by atoms with Gasteiger partial charge in [0.1, 0.15) is 11.3 Å². The number of anilines is 1. The number of benzene rings is 2. The Kier molecular flexibility index (Phi) is 3.99. The zero-order valence-electron chi connectivity index (χ0n) is 11.7. The molecule has 3 rings (SSSR count). The summed E-state index contributed by atoms with van der Waals surface area (Å²) in [5.41, 5.74) is 0.654. The number of nitrogens with zero attached hydrogens (tertiary/aromatic N) is 1. The molecule has 0 aliphatic carbocycles. The Morgan fingerprint density at radius 2 is 2.09 bits per heavy atom. The lowest BCUT2D eigenvalue weighted by Crippen LogP contribution is -2.12. The molecular formula is C15H9BrF2N2O3. The second kappa shape index (κ2) is 5.96. The van der Waals surface area contributed by atoms with Crippen LogP contribution in [0.5, 0.6) is 5.75 Å². The molecule has 118 valence electrons. The minimum atomic E-state index is -0.682. The fraction of sp³-hybridized carbons (Fsp3) is 0.0667. The van der Waals surface area contributed by atoms with Gasteiger partial charge < -0.3 is 14.5 Å². The second-order valence-electron chi connectivity index (χ2n) is 4.56. The first kappa shape index (κ1) is 15.4. The van der Waals surface area contributed by atoms with Crippen LogP contribution in [0, 0.1) is 11.6 Å². The molecule has 1 aromatic heterocycles. The predicted molar refractivity (Wildman–Crippen MR) is 82.6 cm³/mol. The number of carbonyl (C=O) groups is 1. The highest BCUT2D eigenvalue weighted by atomic mass is 79.9. The van der Waals surface area contributed by atoms with Crippen molar-refractivity contribution in [3.05, 3.63) is 52.3 Å². The molecule has 3 aromatic rings. The molecule has 2 aromatic carbocycles. The summed E-state index contributed by atoms with van der Waals surface area (Å²) in [6, 6.07) is 6.30. The largest absolute Gasteiger partial charge is 0.494 e. The van der Waals surface area contributed by atoms with Gasteiger partial charge in [0.05, 0.1) is 11.6 Å². The maximum absolute atomic E-state index is 13.6. The summed E-state index contributed by atoms with van der Waals surface area (Å²) < 4.78 is 37.4. The first-order valence-corrected chi connectivity index (χ1v) is 7.17. The fourth-order valence-corrected chi connectivity index (χ4v) is 2.49. The van der Waals surface area contributed by atoms with Gasteiger partial charge in [-0.05, 0) is 34.1 Å². The monoisotopic (exact) mass is 382 g/mol. The summed E-state index contributed by atoms with van der Waals surface area (Å²) in [6.45, 7) is 0. The van der Waals surface area contributed by atoms with Gasteiger partial charge in [0.15, 0.2) is 17.1 Å². The topological polar surface area (TPSA) is 64.4 Å². The maximum Gasteiger partial charge on any atom is 0.311 e. The van der Waals surface area contributed by atoms with Crippen molar-refractivity contribution in [1.82, 2.24) is 4.98 Å². The Labute approximate surface area is 137 Å². The number of carbonyl (C=O) groups excluding carboxylic acids is 1. The van der Waals surface area contributed by atoms with Gasteiger partial charge >= 0.3 is 5.91 Å². The van der Waals surface area contributed by atoms with Crippen LogP contribution >= 0.6 is 15.9 Å². The van der Waals surface area contributed by atoms with E-state index in [9.17, 15) is 13.6 Å². The molecule has 0 radical (unpaired) electrons. The van der Waals surface area contributed by atoms with Crippen LogP contribution in [0.1, 0.15) is 10.7 Å². The number of amides is 1. The third-order valence-corrected chi connectivity index (χ3v) is 3.60. The Balaban J connectivity index is 1.89. The number of methoxy groups -OCH3 is 1. The van der Waals surface area contributed by atoms with Crippen LogP contribution in [0.4, 0.5) is 14.5 Å². The van der Waals surface area contributed by atoms with E-state index in [1.165, 1.54) is 25.3 Å². The molecule has 0 aliphatic heterocycles. The number of hydrogen-bond donors (Lipinski definition) is 1. The van der Waals surface area contributed by atoms with Crippen molar-refractivity contribution < 1.29 is 22.7 Å². The first-order chi connectivity index (χ1) is 11.0. The second-order valence-corrected chi connectivity index (χ2v) is 5.41. The number of aromatic nitrogens is 1. The van der Waals surface area contributed by atoms with Crippen LogP contribution in [0.3, 0.4) is 0 Å². The predicted octanol–water partition coefficient (Wildman–Crippen LogP) is 4.13. The summed E-state index contributed by atoms with van der Waals surface area (Å²) in [5.74, 6) is -2.01. The van der Waals surface area contributed by atoms with Crippen LogP contribution in [0.2, 0.25) is 0 Å². The average Bonchev–Trinajstić information content (AvgIpc) is 2.92. The zero-order chi connectivity index (χ0) is 16.6.